The van der Waals surface area contributed by atoms with Crippen LogP contribution in [0.1, 0.15) is 58.7 Å². The predicted molar refractivity (Wildman–Crippen MR) is 182 cm³/mol. The van der Waals surface area contributed by atoms with E-state index in [1.165, 1.54) is 11.4 Å². The van der Waals surface area contributed by atoms with E-state index >= 15 is 0 Å². The number of nitrogens with zero attached hydrogens (tertiary/aromatic N) is 8. The normalized spacial score (nSPS) is 17.0. The quantitative estimate of drug-likeness (QED) is 0.199. The maximum atomic E-state index is 13.5. The zero-order valence-corrected chi connectivity index (χ0v) is 27.0. The second-order valence-electron chi connectivity index (χ2n) is 12.1. The molecule has 5 N–H and O–H groups in total. The summed E-state index contributed by atoms with van der Waals surface area (Å²) in [5.41, 5.74) is 10.4. The molecule has 3 atom stereocenters. The summed E-state index contributed by atoms with van der Waals surface area (Å²) < 4.78 is 3.20. The third-order valence-electron chi connectivity index (χ3n) is 8.74. The van der Waals surface area contributed by atoms with Crippen LogP contribution < -0.4 is 16.0 Å². The van der Waals surface area contributed by atoms with Crippen LogP contribution in [-0.2, 0) is 11.8 Å². The number of anilines is 2. The van der Waals surface area contributed by atoms with Crippen molar-refractivity contribution in [3.8, 4) is 11.8 Å². The van der Waals surface area contributed by atoms with E-state index in [0.717, 1.165) is 5.69 Å². The van der Waals surface area contributed by atoms with Crippen molar-refractivity contribution in [2.24, 2.45) is 12.0 Å². The molecule has 0 aliphatic carbocycles. The smallest absolute Gasteiger partial charge is 0.259 e. The van der Waals surface area contributed by atoms with E-state index < -0.39 is 24.3 Å². The van der Waals surface area contributed by atoms with Crippen molar-refractivity contribution in [3.63, 3.8) is 0 Å². The Morgan fingerprint density at radius 1 is 1.04 bits per heavy atom. The van der Waals surface area contributed by atoms with Gasteiger partial charge in [0.25, 0.3) is 11.8 Å². The molecular weight excluding hydrogens is 624 g/mol. The fourth-order valence-electron chi connectivity index (χ4n) is 6.34. The number of aliphatic imine (C=N–C) groups is 1. The standard InChI is InChI=1S/C35H34N10O4/c1-20(39-33(47)28-30(36)41-44-16-8-15-37-32(28)44)31-40-26-12-7-9-22(27(26)35(49)45(31)25-10-5-4-6-11-25)13-14-23-17-38-42(3)29(23)24-18-43(19-24)34(48)21(2)46/h4-12,15-17,20-21,24,35,46,49H,18-19H2,1-3H3,(H2,36,41)(H,39,47)/t20-,21?,35?/m0/s1. The van der Waals surface area contributed by atoms with Crippen LogP contribution >= 0.6 is 0 Å². The highest BCUT2D eigenvalue weighted by molar-refractivity contribution is 6.10. The Labute approximate surface area is 281 Å². The van der Waals surface area contributed by atoms with Crippen LogP contribution in [0.2, 0.25) is 0 Å². The van der Waals surface area contributed by atoms with Crippen molar-refractivity contribution in [1.82, 2.24) is 34.6 Å². The first-order valence-corrected chi connectivity index (χ1v) is 15.8. The van der Waals surface area contributed by atoms with Crippen LogP contribution in [0.25, 0.3) is 5.65 Å². The largest absolute Gasteiger partial charge is 0.384 e. The number of carbonyl (C=O) groups is 2. The number of aliphatic hydroxyl groups excluding tert-OH is 2. The van der Waals surface area contributed by atoms with Gasteiger partial charge in [0.05, 0.1) is 29.2 Å². The molecule has 14 heteroatoms. The van der Waals surface area contributed by atoms with Gasteiger partial charge in [-0.15, -0.1) is 5.10 Å². The summed E-state index contributed by atoms with van der Waals surface area (Å²) in [6.45, 7) is 4.18. The fourth-order valence-corrected chi connectivity index (χ4v) is 6.34. The summed E-state index contributed by atoms with van der Waals surface area (Å²) in [7, 11) is 1.84. The second-order valence-corrected chi connectivity index (χ2v) is 12.1. The molecule has 5 aromatic rings. The number of likely N-dealkylation sites (tertiary alicyclic amines) is 1. The van der Waals surface area contributed by atoms with Crippen molar-refractivity contribution in [3.05, 3.63) is 101 Å². The first-order chi connectivity index (χ1) is 23.6. The third kappa shape index (κ3) is 5.64. The van der Waals surface area contributed by atoms with Gasteiger partial charge in [-0.25, -0.2) is 14.5 Å². The van der Waals surface area contributed by atoms with Crippen LogP contribution in [0.4, 0.5) is 17.2 Å². The number of aliphatic hydroxyl groups is 2. The lowest BCUT2D eigenvalue weighted by molar-refractivity contribution is -0.143. The molecule has 14 nitrogen and oxygen atoms in total. The minimum absolute atomic E-state index is 0.0269. The lowest BCUT2D eigenvalue weighted by Gasteiger charge is -2.40. The molecule has 1 fully saturated rings. The summed E-state index contributed by atoms with van der Waals surface area (Å²) in [5, 5.41) is 33.3. The molecule has 0 bridgehead atoms. The van der Waals surface area contributed by atoms with Gasteiger partial charge < -0.3 is 26.2 Å². The Bertz CT molecular complexity index is 2170. The highest BCUT2D eigenvalue weighted by Crippen LogP contribution is 2.39. The maximum absolute atomic E-state index is 13.5. The zero-order chi connectivity index (χ0) is 34.4. The van der Waals surface area contributed by atoms with Gasteiger partial charge in [-0.2, -0.15) is 5.10 Å². The monoisotopic (exact) mass is 658 g/mol. The van der Waals surface area contributed by atoms with Gasteiger partial charge in [0, 0.05) is 55.3 Å². The van der Waals surface area contributed by atoms with E-state index in [4.69, 9.17) is 10.7 Å². The van der Waals surface area contributed by atoms with Crippen molar-refractivity contribution in [2.45, 2.75) is 38.1 Å². The number of nitrogen functional groups attached to an aromatic ring is 1. The van der Waals surface area contributed by atoms with Crippen LogP contribution in [0.15, 0.2) is 78.2 Å². The topological polar surface area (TPSA) is 180 Å². The average molecular weight is 659 g/mol. The molecule has 2 aromatic carbocycles. The van der Waals surface area contributed by atoms with E-state index in [2.05, 4.69) is 32.3 Å². The van der Waals surface area contributed by atoms with Crippen molar-refractivity contribution in [2.75, 3.05) is 23.7 Å². The van der Waals surface area contributed by atoms with Gasteiger partial charge in [0.15, 0.2) is 17.7 Å². The lowest BCUT2D eigenvalue weighted by Crippen LogP contribution is -2.52. The van der Waals surface area contributed by atoms with Crippen molar-refractivity contribution < 1.29 is 19.8 Å². The third-order valence-corrected chi connectivity index (χ3v) is 8.74. The molecule has 7 rings (SSSR count). The molecule has 0 radical (unpaired) electrons. The van der Waals surface area contributed by atoms with Crippen LogP contribution in [0.5, 0.6) is 0 Å². The number of carbonyl (C=O) groups excluding carboxylic acids is 2. The number of benzene rings is 2. The maximum Gasteiger partial charge on any atom is 0.259 e. The number of hydrogen-bond donors (Lipinski definition) is 4. The van der Waals surface area contributed by atoms with E-state index in [1.807, 2.05) is 49.5 Å². The molecule has 2 aliphatic rings. The number of aromatic nitrogens is 5. The molecule has 2 aliphatic heterocycles. The molecule has 1 saturated heterocycles. The summed E-state index contributed by atoms with van der Waals surface area (Å²) in [4.78, 5) is 38.3. The highest BCUT2D eigenvalue weighted by atomic mass is 16.3. The Morgan fingerprint density at radius 3 is 2.55 bits per heavy atom. The number of fused-ring (bicyclic) bond motifs is 2. The second kappa shape index (κ2) is 12.5. The molecule has 2 unspecified atom stereocenters. The van der Waals surface area contributed by atoms with Gasteiger partial charge in [-0.05, 0) is 44.2 Å². The number of amides is 2. The molecule has 3 aromatic heterocycles. The number of rotatable bonds is 6. The summed E-state index contributed by atoms with van der Waals surface area (Å²) in [5.74, 6) is 6.17. The highest BCUT2D eigenvalue weighted by Gasteiger charge is 2.37. The molecule has 49 heavy (non-hydrogen) atoms. The number of para-hydroxylation sites is 1. The van der Waals surface area contributed by atoms with Gasteiger partial charge in [-0.1, -0.05) is 36.1 Å². The average Bonchev–Trinajstić information content (AvgIpc) is 3.61. The zero-order valence-electron chi connectivity index (χ0n) is 27.0. The fraction of sp³-hybridized carbons (Fsp3) is 0.257. The number of aryl methyl sites for hydroxylation is 1. The number of hydrogen-bond acceptors (Lipinski definition) is 10. The van der Waals surface area contributed by atoms with Gasteiger partial charge >= 0.3 is 0 Å². The Kier molecular flexibility index (Phi) is 8.07. The SMILES string of the molecule is CC(O)C(=O)N1CC(c2c(C#Cc3cccc4c3C(O)N(c3ccccc3)C([C@H](C)NC(=O)c3c(N)nn5cccnc35)=N4)cnn2C)C1. The Morgan fingerprint density at radius 2 is 1.80 bits per heavy atom. The first-order valence-electron chi connectivity index (χ1n) is 15.8. The number of amidine groups is 1. The minimum atomic E-state index is -1.20. The summed E-state index contributed by atoms with van der Waals surface area (Å²) >= 11 is 0. The summed E-state index contributed by atoms with van der Waals surface area (Å²) in [6.07, 6.45) is 2.67. The van der Waals surface area contributed by atoms with Crippen LogP contribution in [0, 0.1) is 11.8 Å². The minimum Gasteiger partial charge on any atom is -0.384 e. The molecule has 0 spiro atoms. The summed E-state index contributed by atoms with van der Waals surface area (Å²) in [6, 6.07) is 15.8. The van der Waals surface area contributed by atoms with E-state index in [9.17, 15) is 19.8 Å². The van der Waals surface area contributed by atoms with Gasteiger partial charge in [0.2, 0.25) is 0 Å². The number of nitrogens with two attached hydrogens (primary N) is 1. The van der Waals surface area contributed by atoms with Crippen LogP contribution in [-0.4, -0.2) is 82.4 Å². The molecule has 2 amide bonds. The lowest BCUT2D eigenvalue weighted by atomic mass is 9.92. The van der Waals surface area contributed by atoms with E-state index in [-0.39, 0.29) is 23.2 Å². The molecule has 0 saturated carbocycles. The number of nitrogens with one attached hydrogen (secondary N) is 1. The van der Waals surface area contributed by atoms with Gasteiger partial charge in [0.1, 0.15) is 17.5 Å². The first kappa shape index (κ1) is 31.6. The Hall–Kier alpha value is -6.04. The molecule has 5 heterocycles. The predicted octanol–water partition coefficient (Wildman–Crippen LogP) is 2.11. The molecular formula is C35H34N10O4. The van der Waals surface area contributed by atoms with Crippen molar-refractivity contribution >= 4 is 40.5 Å². The Balaban J connectivity index is 1.22. The van der Waals surface area contributed by atoms with Gasteiger partial charge in [-0.3, -0.25) is 19.2 Å². The van der Waals surface area contributed by atoms with E-state index in [1.54, 1.807) is 52.1 Å². The van der Waals surface area contributed by atoms with E-state index in [0.29, 0.717) is 52.6 Å². The van der Waals surface area contributed by atoms with Crippen LogP contribution in [0.3, 0.4) is 0 Å². The molecule has 248 valence electrons. The van der Waals surface area contributed by atoms with Crippen molar-refractivity contribution in [1.29, 1.82) is 0 Å².